The van der Waals surface area contributed by atoms with Gasteiger partial charge in [-0.05, 0) is 63.2 Å². The van der Waals surface area contributed by atoms with Crippen LogP contribution in [-0.4, -0.2) is 4.98 Å². The topological polar surface area (TPSA) is 26.0 Å². The normalized spacial score (nSPS) is 43.3. The molecule has 4 saturated carbocycles. The third-order valence-electron chi connectivity index (χ3n) is 5.44. The second-order valence-electron chi connectivity index (χ2n) is 6.84. The molecule has 4 aliphatic rings. The molecule has 0 aromatic carbocycles. The maximum atomic E-state index is 5.69. The lowest BCUT2D eigenvalue weighted by molar-refractivity contribution is -0.00761. The maximum absolute atomic E-state index is 5.69. The Morgan fingerprint density at radius 3 is 1.94 bits per heavy atom. The molecule has 0 aliphatic heterocycles. The monoisotopic (exact) mass is 231 g/mol. The van der Waals surface area contributed by atoms with E-state index in [-0.39, 0.29) is 0 Å². The van der Waals surface area contributed by atoms with E-state index in [1.807, 2.05) is 6.92 Å². The molecule has 0 unspecified atom stereocenters. The third kappa shape index (κ3) is 1.36. The molecular formula is C15H21NO. The van der Waals surface area contributed by atoms with Gasteiger partial charge >= 0.3 is 0 Å². The minimum atomic E-state index is 0.399. The van der Waals surface area contributed by atoms with Crippen LogP contribution in [0.15, 0.2) is 4.42 Å². The molecule has 1 heterocycles. The van der Waals surface area contributed by atoms with Crippen LogP contribution in [0.1, 0.15) is 55.9 Å². The number of aromatic nitrogens is 1. The number of nitrogens with zero attached hydrogens (tertiary/aromatic N) is 1. The fraction of sp³-hybridized carbons (Fsp3) is 0.800. The summed E-state index contributed by atoms with van der Waals surface area (Å²) in [5.74, 6) is 4.89. The predicted molar refractivity (Wildman–Crippen MR) is 65.8 cm³/mol. The molecular weight excluding hydrogens is 210 g/mol. The van der Waals surface area contributed by atoms with Crippen molar-refractivity contribution in [2.75, 3.05) is 0 Å². The molecule has 0 N–H and O–H groups in total. The average molecular weight is 231 g/mol. The Bertz CT molecular complexity index is 424. The number of rotatable bonds is 1. The average Bonchev–Trinajstić information content (AvgIpc) is 2.56. The molecule has 0 saturated heterocycles. The van der Waals surface area contributed by atoms with Crippen molar-refractivity contribution < 1.29 is 4.42 Å². The molecule has 0 spiro atoms. The summed E-state index contributed by atoms with van der Waals surface area (Å²) in [5.41, 5.74) is 1.71. The van der Waals surface area contributed by atoms with Crippen LogP contribution in [0.25, 0.3) is 0 Å². The lowest BCUT2D eigenvalue weighted by Crippen LogP contribution is -2.49. The molecule has 4 aliphatic carbocycles. The Hall–Kier alpha value is -0.790. The summed E-state index contributed by atoms with van der Waals surface area (Å²) in [4.78, 5) is 4.73. The van der Waals surface area contributed by atoms with E-state index in [0.29, 0.717) is 5.41 Å². The van der Waals surface area contributed by atoms with E-state index in [2.05, 4.69) is 6.92 Å². The van der Waals surface area contributed by atoms with Crippen molar-refractivity contribution in [2.45, 2.75) is 57.8 Å². The van der Waals surface area contributed by atoms with Gasteiger partial charge in [0.1, 0.15) is 5.76 Å². The van der Waals surface area contributed by atoms with Gasteiger partial charge in [-0.25, -0.2) is 4.98 Å². The number of hydrogen-bond acceptors (Lipinski definition) is 2. The van der Waals surface area contributed by atoms with Crippen LogP contribution in [0.3, 0.4) is 0 Å². The lowest BCUT2D eigenvalue weighted by Gasteiger charge is -2.56. The van der Waals surface area contributed by atoms with Crippen LogP contribution >= 0.6 is 0 Å². The highest BCUT2D eigenvalue weighted by atomic mass is 16.4. The van der Waals surface area contributed by atoms with Gasteiger partial charge < -0.3 is 4.42 Å². The highest BCUT2D eigenvalue weighted by Crippen LogP contribution is 2.60. The van der Waals surface area contributed by atoms with Crippen LogP contribution < -0.4 is 0 Å². The van der Waals surface area contributed by atoms with Crippen molar-refractivity contribution in [1.29, 1.82) is 0 Å². The van der Waals surface area contributed by atoms with E-state index in [1.165, 1.54) is 44.2 Å². The van der Waals surface area contributed by atoms with E-state index >= 15 is 0 Å². The molecule has 17 heavy (non-hydrogen) atoms. The summed E-state index contributed by atoms with van der Waals surface area (Å²) in [5, 5.41) is 0. The minimum absolute atomic E-state index is 0.399. The number of hydrogen-bond donors (Lipinski definition) is 0. The van der Waals surface area contributed by atoms with E-state index < -0.39 is 0 Å². The van der Waals surface area contributed by atoms with Crippen molar-refractivity contribution in [3.63, 3.8) is 0 Å². The molecule has 1 aromatic heterocycles. The maximum Gasteiger partial charge on any atom is 0.191 e. The predicted octanol–water partition coefficient (Wildman–Crippen LogP) is 3.76. The molecule has 92 valence electrons. The van der Waals surface area contributed by atoms with Crippen molar-refractivity contribution in [1.82, 2.24) is 4.98 Å². The Kier molecular flexibility index (Phi) is 1.88. The second kappa shape index (κ2) is 3.15. The first-order valence-electron chi connectivity index (χ1n) is 7.09. The second-order valence-corrected chi connectivity index (χ2v) is 6.84. The summed E-state index contributed by atoms with van der Waals surface area (Å²) in [6, 6.07) is 0. The first-order valence-corrected chi connectivity index (χ1v) is 7.09. The zero-order chi connectivity index (χ0) is 11.6. The molecule has 2 heteroatoms. The molecule has 2 nitrogen and oxygen atoms in total. The van der Waals surface area contributed by atoms with Crippen LogP contribution in [0.5, 0.6) is 0 Å². The van der Waals surface area contributed by atoms with Crippen molar-refractivity contribution in [3.8, 4) is 0 Å². The fourth-order valence-corrected chi connectivity index (χ4v) is 5.42. The molecule has 0 radical (unpaired) electrons. The van der Waals surface area contributed by atoms with Crippen LogP contribution in [0.4, 0.5) is 0 Å². The van der Waals surface area contributed by atoms with Gasteiger partial charge in [-0.3, -0.25) is 0 Å². The Morgan fingerprint density at radius 1 is 1.00 bits per heavy atom. The first-order chi connectivity index (χ1) is 8.14. The molecule has 4 bridgehead atoms. The van der Waals surface area contributed by atoms with Crippen molar-refractivity contribution >= 4 is 0 Å². The molecule has 0 atom stereocenters. The number of oxazole rings is 1. The highest BCUT2D eigenvalue weighted by Gasteiger charge is 2.53. The first kappa shape index (κ1) is 10.2. The largest absolute Gasteiger partial charge is 0.446 e. The van der Waals surface area contributed by atoms with Gasteiger partial charge in [0, 0.05) is 12.3 Å². The van der Waals surface area contributed by atoms with E-state index in [9.17, 15) is 0 Å². The number of aryl methyl sites for hydroxylation is 2. The zero-order valence-corrected chi connectivity index (χ0v) is 10.8. The Balaban J connectivity index is 1.79. The van der Waals surface area contributed by atoms with Crippen molar-refractivity contribution in [3.05, 3.63) is 17.3 Å². The van der Waals surface area contributed by atoms with E-state index in [0.717, 1.165) is 29.4 Å². The van der Waals surface area contributed by atoms with E-state index in [4.69, 9.17) is 9.40 Å². The molecule has 4 fully saturated rings. The fourth-order valence-electron chi connectivity index (χ4n) is 5.42. The summed E-state index contributed by atoms with van der Waals surface area (Å²) in [6.07, 6.45) is 8.63. The lowest BCUT2D eigenvalue weighted by atomic mass is 9.48. The molecule has 5 rings (SSSR count). The van der Waals surface area contributed by atoms with Crippen LogP contribution in [0, 0.1) is 31.6 Å². The summed E-state index contributed by atoms with van der Waals surface area (Å²) < 4.78 is 5.69. The van der Waals surface area contributed by atoms with Crippen molar-refractivity contribution in [2.24, 2.45) is 17.8 Å². The Labute approximate surface area is 103 Å². The SMILES string of the molecule is Cc1nc(C23CC4CC(CC(C4)C2)C3)c(C)o1. The quantitative estimate of drug-likeness (QED) is 0.735. The smallest absolute Gasteiger partial charge is 0.191 e. The van der Waals surface area contributed by atoms with Gasteiger partial charge in [-0.1, -0.05) is 0 Å². The van der Waals surface area contributed by atoms with Gasteiger partial charge in [-0.2, -0.15) is 0 Å². The van der Waals surface area contributed by atoms with Gasteiger partial charge in [0.15, 0.2) is 5.89 Å². The van der Waals surface area contributed by atoms with E-state index in [1.54, 1.807) is 0 Å². The zero-order valence-electron chi connectivity index (χ0n) is 10.8. The van der Waals surface area contributed by atoms with Gasteiger partial charge in [-0.15, -0.1) is 0 Å². The van der Waals surface area contributed by atoms with Gasteiger partial charge in [0.25, 0.3) is 0 Å². The van der Waals surface area contributed by atoms with Gasteiger partial charge in [0.2, 0.25) is 0 Å². The summed E-state index contributed by atoms with van der Waals surface area (Å²) >= 11 is 0. The molecule has 0 amide bonds. The summed E-state index contributed by atoms with van der Waals surface area (Å²) in [7, 11) is 0. The Morgan fingerprint density at radius 2 is 1.53 bits per heavy atom. The minimum Gasteiger partial charge on any atom is -0.446 e. The van der Waals surface area contributed by atoms with Gasteiger partial charge in [0.05, 0.1) is 5.69 Å². The highest BCUT2D eigenvalue weighted by molar-refractivity contribution is 5.25. The van der Waals surface area contributed by atoms with Crippen LogP contribution in [0.2, 0.25) is 0 Å². The standard InChI is InChI=1S/C15H21NO/c1-9-14(16-10(2)17-9)15-6-11-3-12(7-15)5-13(4-11)8-15/h11-13H,3-8H2,1-2H3. The third-order valence-corrected chi connectivity index (χ3v) is 5.44. The molecule has 1 aromatic rings. The van der Waals surface area contributed by atoms with Crippen LogP contribution in [-0.2, 0) is 5.41 Å². The summed E-state index contributed by atoms with van der Waals surface area (Å²) in [6.45, 7) is 4.09.